The maximum absolute atomic E-state index is 12.4. The van der Waals surface area contributed by atoms with E-state index in [1.807, 2.05) is 0 Å². The Morgan fingerprint density at radius 2 is 1.81 bits per heavy atom. The zero-order valence-electron chi connectivity index (χ0n) is 8.50. The van der Waals surface area contributed by atoms with E-state index in [4.69, 9.17) is 5.73 Å². The number of aromatic nitrogens is 2. The fraction of sp³-hybridized carbons (Fsp3) is 0.778. The van der Waals surface area contributed by atoms with Crippen LogP contribution in [0.2, 0.25) is 0 Å². The van der Waals surface area contributed by atoms with Gasteiger partial charge in [0.05, 0.1) is 5.92 Å². The number of hydrogen-bond acceptors (Lipinski definition) is 4. The van der Waals surface area contributed by atoms with Crippen LogP contribution in [0.15, 0.2) is 0 Å². The second-order valence-electron chi connectivity index (χ2n) is 4.08. The van der Waals surface area contributed by atoms with Gasteiger partial charge in [-0.2, -0.15) is 17.5 Å². The first-order valence-electron chi connectivity index (χ1n) is 5.12. The third kappa shape index (κ3) is 2.45. The van der Waals surface area contributed by atoms with E-state index in [2.05, 4.69) is 9.36 Å². The summed E-state index contributed by atoms with van der Waals surface area (Å²) in [7, 11) is 0. The molecule has 1 saturated carbocycles. The van der Waals surface area contributed by atoms with Crippen LogP contribution in [0.4, 0.5) is 19.1 Å². The summed E-state index contributed by atoms with van der Waals surface area (Å²) in [4.78, 5) is 4.03. The van der Waals surface area contributed by atoms with Gasteiger partial charge < -0.3 is 5.73 Å². The Kier molecular flexibility index (Phi) is 3.05. The molecule has 3 nitrogen and oxygen atoms in total. The Balaban J connectivity index is 1.95. The molecule has 90 valence electrons. The molecule has 0 unspecified atom stereocenters. The molecular weight excluding hydrogens is 239 g/mol. The van der Waals surface area contributed by atoms with Crippen LogP contribution in [-0.2, 0) is 0 Å². The molecule has 0 aliphatic heterocycles. The normalized spacial score (nSPS) is 26.9. The number of alkyl halides is 3. The van der Waals surface area contributed by atoms with E-state index in [-0.39, 0.29) is 24.7 Å². The maximum atomic E-state index is 12.4. The number of nitrogen functional groups attached to an aromatic ring is 1. The molecule has 2 rings (SSSR count). The molecule has 1 aromatic heterocycles. The number of rotatable bonds is 1. The van der Waals surface area contributed by atoms with Crippen molar-refractivity contribution in [3.63, 3.8) is 0 Å². The van der Waals surface area contributed by atoms with Crippen molar-refractivity contribution in [3.8, 4) is 0 Å². The minimum absolute atomic E-state index is 0.105. The SMILES string of the molecule is Nc1nsc(C2CCC(C(F)(F)F)CC2)n1. The van der Waals surface area contributed by atoms with Gasteiger partial charge in [0.2, 0.25) is 5.95 Å². The minimum atomic E-state index is -4.05. The topological polar surface area (TPSA) is 51.8 Å². The Bertz CT molecular complexity index is 355. The van der Waals surface area contributed by atoms with Crippen molar-refractivity contribution in [2.45, 2.75) is 37.8 Å². The lowest BCUT2D eigenvalue weighted by Gasteiger charge is -2.28. The minimum Gasteiger partial charge on any atom is -0.367 e. The summed E-state index contributed by atoms with van der Waals surface area (Å²) < 4.78 is 41.1. The van der Waals surface area contributed by atoms with Gasteiger partial charge in [0.1, 0.15) is 5.01 Å². The number of hydrogen-bond donors (Lipinski definition) is 1. The lowest BCUT2D eigenvalue weighted by atomic mass is 9.82. The van der Waals surface area contributed by atoms with Gasteiger partial charge in [0.25, 0.3) is 0 Å². The zero-order chi connectivity index (χ0) is 11.8. The number of nitrogens with zero attached hydrogens (tertiary/aromatic N) is 2. The van der Waals surface area contributed by atoms with Crippen molar-refractivity contribution in [2.24, 2.45) is 5.92 Å². The standard InChI is InChI=1S/C9H12F3N3S/c10-9(11,12)6-3-1-5(2-4-6)7-14-8(13)15-16-7/h5-6H,1-4H2,(H2,13,15). The van der Waals surface area contributed by atoms with Gasteiger partial charge in [0, 0.05) is 5.92 Å². The highest BCUT2D eigenvalue weighted by atomic mass is 32.1. The molecule has 0 aromatic carbocycles. The zero-order valence-corrected chi connectivity index (χ0v) is 9.31. The summed E-state index contributed by atoms with van der Waals surface area (Å²) >= 11 is 1.20. The molecule has 0 atom stereocenters. The van der Waals surface area contributed by atoms with Crippen molar-refractivity contribution in [1.82, 2.24) is 9.36 Å². The highest BCUT2D eigenvalue weighted by molar-refractivity contribution is 7.05. The van der Waals surface area contributed by atoms with Crippen molar-refractivity contribution >= 4 is 17.5 Å². The van der Waals surface area contributed by atoms with Crippen LogP contribution in [0.5, 0.6) is 0 Å². The highest BCUT2D eigenvalue weighted by Crippen LogP contribution is 2.43. The van der Waals surface area contributed by atoms with Crippen LogP contribution in [0, 0.1) is 5.92 Å². The Hall–Kier alpha value is -0.850. The molecule has 7 heteroatoms. The lowest BCUT2D eigenvalue weighted by molar-refractivity contribution is -0.182. The first-order chi connectivity index (χ1) is 7.47. The van der Waals surface area contributed by atoms with E-state index in [1.165, 1.54) is 11.5 Å². The van der Waals surface area contributed by atoms with Gasteiger partial charge in [-0.25, -0.2) is 4.98 Å². The summed E-state index contributed by atoms with van der Waals surface area (Å²) in [6, 6.07) is 0. The largest absolute Gasteiger partial charge is 0.391 e. The van der Waals surface area contributed by atoms with Crippen molar-refractivity contribution in [3.05, 3.63) is 5.01 Å². The van der Waals surface area contributed by atoms with Crippen molar-refractivity contribution in [2.75, 3.05) is 5.73 Å². The van der Waals surface area contributed by atoms with Gasteiger partial charge in [-0.1, -0.05) is 0 Å². The third-order valence-electron chi connectivity index (χ3n) is 3.00. The van der Waals surface area contributed by atoms with E-state index < -0.39 is 12.1 Å². The molecule has 1 aliphatic rings. The molecule has 0 amide bonds. The van der Waals surface area contributed by atoms with Crippen LogP contribution < -0.4 is 5.73 Å². The molecule has 1 fully saturated rings. The Morgan fingerprint density at radius 1 is 1.19 bits per heavy atom. The van der Waals surface area contributed by atoms with Crippen LogP contribution >= 0.6 is 11.5 Å². The van der Waals surface area contributed by atoms with Crippen molar-refractivity contribution < 1.29 is 13.2 Å². The highest BCUT2D eigenvalue weighted by Gasteiger charge is 2.41. The van der Waals surface area contributed by atoms with Gasteiger partial charge in [-0.05, 0) is 37.2 Å². The molecule has 0 radical (unpaired) electrons. The van der Waals surface area contributed by atoms with E-state index in [0.29, 0.717) is 12.8 Å². The summed E-state index contributed by atoms with van der Waals surface area (Å²) in [5, 5.41) is 0.776. The van der Waals surface area contributed by atoms with Crippen LogP contribution in [0.3, 0.4) is 0 Å². The smallest absolute Gasteiger partial charge is 0.367 e. The lowest BCUT2D eigenvalue weighted by Crippen LogP contribution is -2.27. The number of halogens is 3. The molecule has 1 aliphatic carbocycles. The van der Waals surface area contributed by atoms with Gasteiger partial charge in [-0.3, -0.25) is 0 Å². The average Bonchev–Trinajstić information content (AvgIpc) is 2.64. The monoisotopic (exact) mass is 251 g/mol. The van der Waals surface area contributed by atoms with Crippen LogP contribution in [0.25, 0.3) is 0 Å². The van der Waals surface area contributed by atoms with Crippen LogP contribution in [0.1, 0.15) is 36.6 Å². The molecule has 0 bridgehead atoms. The number of nitrogens with two attached hydrogens (primary N) is 1. The first kappa shape index (κ1) is 11.6. The van der Waals surface area contributed by atoms with Gasteiger partial charge in [0.15, 0.2) is 0 Å². The second-order valence-corrected chi connectivity index (χ2v) is 4.86. The van der Waals surface area contributed by atoms with Crippen molar-refractivity contribution in [1.29, 1.82) is 0 Å². The quantitative estimate of drug-likeness (QED) is 0.834. The average molecular weight is 251 g/mol. The second kappa shape index (κ2) is 4.20. The molecular formula is C9H12F3N3S. The van der Waals surface area contributed by atoms with E-state index in [9.17, 15) is 13.2 Å². The van der Waals surface area contributed by atoms with E-state index in [0.717, 1.165) is 5.01 Å². The number of anilines is 1. The first-order valence-corrected chi connectivity index (χ1v) is 5.90. The van der Waals surface area contributed by atoms with Gasteiger partial charge >= 0.3 is 6.18 Å². The summed E-state index contributed by atoms with van der Waals surface area (Å²) in [6.07, 6.45) is -2.62. The molecule has 2 N–H and O–H groups in total. The molecule has 1 aromatic rings. The molecule has 0 spiro atoms. The summed E-state index contributed by atoms with van der Waals surface area (Å²) in [5.41, 5.74) is 5.39. The molecule has 0 saturated heterocycles. The third-order valence-corrected chi connectivity index (χ3v) is 3.89. The Labute approximate surface area is 95.0 Å². The fourth-order valence-corrected chi connectivity index (χ4v) is 2.83. The molecule has 1 heterocycles. The Morgan fingerprint density at radius 3 is 2.25 bits per heavy atom. The summed E-state index contributed by atoms with van der Waals surface area (Å²) in [6.45, 7) is 0. The summed E-state index contributed by atoms with van der Waals surface area (Å²) in [5.74, 6) is -0.819. The predicted molar refractivity (Wildman–Crippen MR) is 55.1 cm³/mol. The van der Waals surface area contributed by atoms with E-state index >= 15 is 0 Å². The van der Waals surface area contributed by atoms with Crippen LogP contribution in [-0.4, -0.2) is 15.5 Å². The van der Waals surface area contributed by atoms with E-state index in [1.54, 1.807) is 0 Å². The molecule has 16 heavy (non-hydrogen) atoms. The van der Waals surface area contributed by atoms with Gasteiger partial charge in [-0.15, -0.1) is 0 Å². The maximum Gasteiger partial charge on any atom is 0.391 e. The predicted octanol–water partition coefficient (Wildman–Crippen LogP) is 2.96. The fourth-order valence-electron chi connectivity index (χ4n) is 2.08.